The van der Waals surface area contributed by atoms with Crippen molar-refractivity contribution < 1.29 is 9.53 Å². The minimum absolute atomic E-state index is 0.329. The molecule has 0 aliphatic rings. The molecule has 2 aromatic rings. The van der Waals surface area contributed by atoms with Gasteiger partial charge in [-0.25, -0.2) is 14.8 Å². The second kappa shape index (κ2) is 6.72. The van der Waals surface area contributed by atoms with Crippen molar-refractivity contribution >= 4 is 17.7 Å². The van der Waals surface area contributed by atoms with Gasteiger partial charge in [-0.15, -0.1) is 0 Å². The molecule has 2 rings (SSSR count). The monoisotopic (exact) mass is 302 g/mol. The van der Waals surface area contributed by atoms with Crippen molar-refractivity contribution in [2.45, 2.75) is 25.9 Å². The van der Waals surface area contributed by atoms with Crippen LogP contribution in [-0.4, -0.2) is 28.8 Å². The van der Waals surface area contributed by atoms with Gasteiger partial charge in [-0.2, -0.15) is 0 Å². The maximum Gasteiger partial charge on any atom is 0.342 e. The third-order valence-electron chi connectivity index (χ3n) is 3.06. The van der Waals surface area contributed by atoms with Crippen molar-refractivity contribution in [2.75, 3.05) is 12.9 Å². The SMILES string of the molecule is CCOC(=O)c1c(C)nc(SC)nc1-c1ccc(C)cc1. The number of esters is 1. The molecule has 0 atom stereocenters. The zero-order chi connectivity index (χ0) is 15.4. The summed E-state index contributed by atoms with van der Waals surface area (Å²) in [7, 11) is 0. The Labute approximate surface area is 129 Å². The first-order valence-corrected chi connectivity index (χ1v) is 7.96. The molecule has 0 bridgehead atoms. The highest BCUT2D eigenvalue weighted by Gasteiger charge is 2.20. The third kappa shape index (κ3) is 3.42. The second-order valence-electron chi connectivity index (χ2n) is 4.61. The number of aryl methyl sites for hydroxylation is 2. The molecule has 0 radical (unpaired) electrons. The van der Waals surface area contributed by atoms with E-state index >= 15 is 0 Å². The number of thioether (sulfide) groups is 1. The molecule has 0 saturated carbocycles. The van der Waals surface area contributed by atoms with E-state index in [4.69, 9.17) is 4.74 Å². The first kappa shape index (κ1) is 15.5. The highest BCUT2D eigenvalue weighted by Crippen LogP contribution is 2.27. The van der Waals surface area contributed by atoms with Gasteiger partial charge >= 0.3 is 5.97 Å². The molecule has 1 aromatic heterocycles. The lowest BCUT2D eigenvalue weighted by molar-refractivity contribution is 0.0525. The lowest BCUT2D eigenvalue weighted by atomic mass is 10.0. The molecule has 0 aliphatic heterocycles. The van der Waals surface area contributed by atoms with Crippen LogP contribution < -0.4 is 0 Å². The van der Waals surface area contributed by atoms with E-state index in [2.05, 4.69) is 9.97 Å². The fourth-order valence-corrected chi connectivity index (χ4v) is 2.42. The predicted molar refractivity (Wildman–Crippen MR) is 84.7 cm³/mol. The smallest absolute Gasteiger partial charge is 0.342 e. The van der Waals surface area contributed by atoms with E-state index in [0.717, 1.165) is 11.1 Å². The Morgan fingerprint density at radius 2 is 1.86 bits per heavy atom. The Morgan fingerprint density at radius 1 is 1.19 bits per heavy atom. The minimum Gasteiger partial charge on any atom is -0.462 e. The predicted octanol–water partition coefficient (Wildman–Crippen LogP) is 3.66. The van der Waals surface area contributed by atoms with Crippen molar-refractivity contribution in [1.82, 2.24) is 9.97 Å². The van der Waals surface area contributed by atoms with Crippen molar-refractivity contribution in [2.24, 2.45) is 0 Å². The van der Waals surface area contributed by atoms with Gasteiger partial charge in [-0.1, -0.05) is 41.6 Å². The first-order valence-electron chi connectivity index (χ1n) is 6.73. The minimum atomic E-state index is -0.377. The van der Waals surface area contributed by atoms with E-state index in [1.165, 1.54) is 11.8 Å². The van der Waals surface area contributed by atoms with Gasteiger partial charge in [0.25, 0.3) is 0 Å². The zero-order valence-corrected chi connectivity index (χ0v) is 13.5. The van der Waals surface area contributed by atoms with E-state index in [9.17, 15) is 4.79 Å². The summed E-state index contributed by atoms with van der Waals surface area (Å²) in [4.78, 5) is 21.1. The van der Waals surface area contributed by atoms with Crippen LogP contribution in [0.25, 0.3) is 11.3 Å². The van der Waals surface area contributed by atoms with Crippen LogP contribution in [0.3, 0.4) is 0 Å². The van der Waals surface area contributed by atoms with Crippen LogP contribution >= 0.6 is 11.8 Å². The van der Waals surface area contributed by atoms with Gasteiger partial charge in [0.05, 0.1) is 18.0 Å². The molecule has 21 heavy (non-hydrogen) atoms. The van der Waals surface area contributed by atoms with Crippen molar-refractivity contribution in [1.29, 1.82) is 0 Å². The summed E-state index contributed by atoms with van der Waals surface area (Å²) in [6.45, 7) is 5.95. The van der Waals surface area contributed by atoms with Crippen LogP contribution in [0.2, 0.25) is 0 Å². The molecule has 4 nitrogen and oxygen atoms in total. The van der Waals surface area contributed by atoms with E-state index in [1.54, 1.807) is 6.92 Å². The normalized spacial score (nSPS) is 10.5. The maximum absolute atomic E-state index is 12.2. The molecular formula is C16H18N2O2S. The number of ether oxygens (including phenoxy) is 1. The lowest BCUT2D eigenvalue weighted by Crippen LogP contribution is -2.12. The van der Waals surface area contributed by atoms with Crippen LogP contribution in [0.1, 0.15) is 28.5 Å². The summed E-state index contributed by atoms with van der Waals surface area (Å²) < 4.78 is 5.14. The highest BCUT2D eigenvalue weighted by atomic mass is 32.2. The molecule has 1 heterocycles. The number of aromatic nitrogens is 2. The molecule has 0 aliphatic carbocycles. The number of benzene rings is 1. The maximum atomic E-state index is 12.2. The number of hydrogen-bond donors (Lipinski definition) is 0. The van der Waals surface area contributed by atoms with Crippen LogP contribution in [0.15, 0.2) is 29.4 Å². The second-order valence-corrected chi connectivity index (χ2v) is 5.38. The van der Waals surface area contributed by atoms with E-state index in [-0.39, 0.29) is 5.97 Å². The lowest BCUT2D eigenvalue weighted by Gasteiger charge is -2.12. The fraction of sp³-hybridized carbons (Fsp3) is 0.312. The van der Waals surface area contributed by atoms with E-state index < -0.39 is 0 Å². The molecule has 1 aromatic carbocycles. The molecule has 0 unspecified atom stereocenters. The summed E-state index contributed by atoms with van der Waals surface area (Å²) in [5.74, 6) is -0.377. The number of hydrogen-bond acceptors (Lipinski definition) is 5. The van der Waals surface area contributed by atoms with Crippen LogP contribution in [0, 0.1) is 13.8 Å². The molecule has 5 heteroatoms. The fourth-order valence-electron chi connectivity index (χ4n) is 2.01. The van der Waals surface area contributed by atoms with Gasteiger partial charge < -0.3 is 4.74 Å². The van der Waals surface area contributed by atoms with Crippen LogP contribution in [-0.2, 0) is 4.74 Å². The van der Waals surface area contributed by atoms with Gasteiger partial charge in [0.1, 0.15) is 5.56 Å². The van der Waals surface area contributed by atoms with E-state index in [0.29, 0.717) is 28.7 Å². The standard InChI is InChI=1S/C16H18N2O2S/c1-5-20-15(19)13-11(3)17-16(21-4)18-14(13)12-8-6-10(2)7-9-12/h6-9H,5H2,1-4H3. The summed E-state index contributed by atoms with van der Waals surface area (Å²) in [5, 5.41) is 0.649. The number of nitrogens with zero attached hydrogens (tertiary/aromatic N) is 2. The van der Waals surface area contributed by atoms with Crippen LogP contribution in [0.5, 0.6) is 0 Å². The Balaban J connectivity index is 2.62. The molecular weight excluding hydrogens is 284 g/mol. The average molecular weight is 302 g/mol. The number of carbonyl (C=O) groups is 1. The number of rotatable bonds is 4. The van der Waals surface area contributed by atoms with Gasteiger partial charge in [0.2, 0.25) is 0 Å². The van der Waals surface area contributed by atoms with Crippen molar-refractivity contribution in [3.05, 3.63) is 41.1 Å². The van der Waals surface area contributed by atoms with E-state index in [1.807, 2.05) is 44.4 Å². The first-order chi connectivity index (χ1) is 10.1. The summed E-state index contributed by atoms with van der Waals surface area (Å²) in [6.07, 6.45) is 1.91. The molecule has 0 spiro atoms. The summed E-state index contributed by atoms with van der Waals surface area (Å²) in [6, 6.07) is 7.93. The zero-order valence-electron chi connectivity index (χ0n) is 12.6. The Kier molecular flexibility index (Phi) is 4.96. The highest BCUT2D eigenvalue weighted by molar-refractivity contribution is 7.98. The van der Waals surface area contributed by atoms with Gasteiger partial charge in [-0.05, 0) is 27.0 Å². The number of carbonyl (C=O) groups excluding carboxylic acids is 1. The Morgan fingerprint density at radius 3 is 2.43 bits per heavy atom. The van der Waals surface area contributed by atoms with Crippen molar-refractivity contribution in [3.63, 3.8) is 0 Å². The van der Waals surface area contributed by atoms with Gasteiger partial charge in [0, 0.05) is 5.56 Å². The van der Waals surface area contributed by atoms with Gasteiger partial charge in [0.15, 0.2) is 5.16 Å². The molecule has 110 valence electrons. The molecule has 0 amide bonds. The Bertz CT molecular complexity index is 654. The third-order valence-corrected chi connectivity index (χ3v) is 3.60. The molecule has 0 fully saturated rings. The molecule has 0 N–H and O–H groups in total. The van der Waals surface area contributed by atoms with Crippen LogP contribution in [0.4, 0.5) is 0 Å². The Hall–Kier alpha value is -1.88. The largest absolute Gasteiger partial charge is 0.462 e. The van der Waals surface area contributed by atoms with Gasteiger partial charge in [-0.3, -0.25) is 0 Å². The van der Waals surface area contributed by atoms with Crippen molar-refractivity contribution in [3.8, 4) is 11.3 Å². The quantitative estimate of drug-likeness (QED) is 0.490. The molecule has 0 saturated heterocycles. The summed E-state index contributed by atoms with van der Waals surface area (Å²) in [5.41, 5.74) is 3.77. The summed E-state index contributed by atoms with van der Waals surface area (Å²) >= 11 is 1.45. The average Bonchev–Trinajstić information content (AvgIpc) is 2.47. The topological polar surface area (TPSA) is 52.1 Å².